The standard InChI is InChI=1S/C8H13ClN4S/c1-4(2)11-7-5(14-3)6(9)12-8(10)13-7/h4H,1-3H3,(H3,10,11,12,13). The Morgan fingerprint density at radius 3 is 2.57 bits per heavy atom. The van der Waals surface area contributed by atoms with Gasteiger partial charge in [0.2, 0.25) is 5.95 Å². The van der Waals surface area contributed by atoms with Crippen LogP contribution in [0.25, 0.3) is 0 Å². The summed E-state index contributed by atoms with van der Waals surface area (Å²) in [5, 5.41) is 3.57. The molecule has 0 aliphatic rings. The van der Waals surface area contributed by atoms with E-state index in [1.54, 1.807) is 0 Å². The van der Waals surface area contributed by atoms with Gasteiger partial charge in [-0.15, -0.1) is 11.8 Å². The Balaban J connectivity index is 3.11. The highest BCUT2D eigenvalue weighted by Gasteiger charge is 2.11. The molecule has 3 N–H and O–H groups in total. The van der Waals surface area contributed by atoms with Gasteiger partial charge in [-0.25, -0.2) is 0 Å². The van der Waals surface area contributed by atoms with Gasteiger partial charge in [0.15, 0.2) is 0 Å². The minimum atomic E-state index is 0.191. The van der Waals surface area contributed by atoms with Gasteiger partial charge < -0.3 is 11.1 Å². The predicted molar refractivity (Wildman–Crippen MR) is 62.0 cm³/mol. The summed E-state index contributed by atoms with van der Waals surface area (Å²) in [6.07, 6.45) is 1.92. The maximum absolute atomic E-state index is 5.93. The Hall–Kier alpha value is -0.680. The van der Waals surface area contributed by atoms with Crippen LogP contribution in [-0.2, 0) is 0 Å². The molecule has 0 saturated heterocycles. The van der Waals surface area contributed by atoms with Crippen LogP contribution in [0.5, 0.6) is 0 Å². The highest BCUT2D eigenvalue weighted by Crippen LogP contribution is 2.30. The van der Waals surface area contributed by atoms with Gasteiger partial charge in [-0.2, -0.15) is 9.97 Å². The van der Waals surface area contributed by atoms with Gasteiger partial charge in [0.05, 0.1) is 4.90 Å². The summed E-state index contributed by atoms with van der Waals surface area (Å²) in [6.45, 7) is 4.05. The van der Waals surface area contributed by atoms with Crippen molar-refractivity contribution < 1.29 is 0 Å². The van der Waals surface area contributed by atoms with E-state index < -0.39 is 0 Å². The van der Waals surface area contributed by atoms with E-state index in [0.29, 0.717) is 11.0 Å². The first-order valence-corrected chi connectivity index (χ1v) is 5.78. The number of nitrogens with one attached hydrogen (secondary N) is 1. The summed E-state index contributed by atoms with van der Waals surface area (Å²) < 4.78 is 0. The van der Waals surface area contributed by atoms with Crippen LogP contribution in [0.3, 0.4) is 0 Å². The topological polar surface area (TPSA) is 63.8 Å². The molecule has 0 amide bonds. The molecule has 1 rings (SSSR count). The van der Waals surface area contributed by atoms with Crippen molar-refractivity contribution in [2.45, 2.75) is 24.8 Å². The summed E-state index contributed by atoms with van der Waals surface area (Å²) in [4.78, 5) is 8.81. The third kappa shape index (κ3) is 2.65. The van der Waals surface area contributed by atoms with E-state index in [1.807, 2.05) is 20.1 Å². The Kier molecular flexibility index (Phi) is 3.83. The molecule has 1 heterocycles. The van der Waals surface area contributed by atoms with Crippen LogP contribution in [0, 0.1) is 0 Å². The zero-order valence-corrected chi connectivity index (χ0v) is 9.91. The number of thioether (sulfide) groups is 1. The molecule has 78 valence electrons. The van der Waals surface area contributed by atoms with Crippen LogP contribution in [0.1, 0.15) is 13.8 Å². The number of rotatable bonds is 3. The summed E-state index contributed by atoms with van der Waals surface area (Å²) in [5.41, 5.74) is 5.50. The molecule has 0 bridgehead atoms. The Morgan fingerprint density at radius 1 is 1.43 bits per heavy atom. The number of nitrogen functional groups attached to an aromatic ring is 1. The van der Waals surface area contributed by atoms with Crippen molar-refractivity contribution in [3.05, 3.63) is 5.15 Å². The third-order valence-electron chi connectivity index (χ3n) is 1.47. The molecule has 4 nitrogen and oxygen atoms in total. The maximum Gasteiger partial charge on any atom is 0.223 e. The van der Waals surface area contributed by atoms with Crippen molar-refractivity contribution >= 4 is 35.1 Å². The van der Waals surface area contributed by atoms with Gasteiger partial charge in [0.25, 0.3) is 0 Å². The van der Waals surface area contributed by atoms with Crippen LogP contribution >= 0.6 is 23.4 Å². The fourth-order valence-corrected chi connectivity index (χ4v) is 1.91. The van der Waals surface area contributed by atoms with Gasteiger partial charge in [-0.05, 0) is 20.1 Å². The molecule has 14 heavy (non-hydrogen) atoms. The molecule has 0 aliphatic carbocycles. The fourth-order valence-electron chi connectivity index (χ4n) is 0.992. The summed E-state index contributed by atoms with van der Waals surface area (Å²) >= 11 is 7.42. The molecule has 0 aromatic carbocycles. The smallest absolute Gasteiger partial charge is 0.223 e. The number of halogens is 1. The average Bonchev–Trinajstić information content (AvgIpc) is 2.01. The first-order chi connectivity index (χ1) is 6.54. The maximum atomic E-state index is 5.93. The highest BCUT2D eigenvalue weighted by atomic mass is 35.5. The molecular formula is C8H13ClN4S. The largest absolute Gasteiger partial charge is 0.368 e. The van der Waals surface area contributed by atoms with Gasteiger partial charge in [0.1, 0.15) is 11.0 Å². The van der Waals surface area contributed by atoms with E-state index in [2.05, 4.69) is 15.3 Å². The van der Waals surface area contributed by atoms with E-state index in [-0.39, 0.29) is 12.0 Å². The van der Waals surface area contributed by atoms with Crippen LogP contribution in [0.2, 0.25) is 5.15 Å². The van der Waals surface area contributed by atoms with Crippen molar-refractivity contribution in [2.24, 2.45) is 0 Å². The number of hydrogen-bond donors (Lipinski definition) is 2. The first-order valence-electron chi connectivity index (χ1n) is 4.18. The molecule has 0 spiro atoms. The second-order valence-corrected chi connectivity index (χ2v) is 4.23. The normalized spacial score (nSPS) is 10.6. The number of anilines is 2. The van der Waals surface area contributed by atoms with Crippen molar-refractivity contribution in [3.8, 4) is 0 Å². The zero-order valence-electron chi connectivity index (χ0n) is 8.34. The van der Waals surface area contributed by atoms with Crippen molar-refractivity contribution in [1.82, 2.24) is 9.97 Å². The Bertz CT molecular complexity index is 329. The second kappa shape index (κ2) is 4.70. The molecule has 0 fully saturated rings. The third-order valence-corrected chi connectivity index (χ3v) is 2.65. The average molecular weight is 233 g/mol. The lowest BCUT2D eigenvalue weighted by molar-refractivity contribution is 0.878. The quantitative estimate of drug-likeness (QED) is 0.618. The predicted octanol–water partition coefficient (Wildman–Crippen LogP) is 2.25. The summed E-state index contributed by atoms with van der Waals surface area (Å²) in [5.74, 6) is 0.890. The first kappa shape index (κ1) is 11.4. The lowest BCUT2D eigenvalue weighted by atomic mass is 10.4. The highest BCUT2D eigenvalue weighted by molar-refractivity contribution is 7.98. The van der Waals surface area contributed by atoms with Gasteiger partial charge >= 0.3 is 0 Å². The van der Waals surface area contributed by atoms with Crippen LogP contribution in [0.15, 0.2) is 4.90 Å². The van der Waals surface area contributed by atoms with E-state index in [1.165, 1.54) is 11.8 Å². The summed E-state index contributed by atoms with van der Waals surface area (Å²) in [6, 6.07) is 0.284. The fraction of sp³-hybridized carbons (Fsp3) is 0.500. The van der Waals surface area contributed by atoms with Crippen molar-refractivity contribution in [3.63, 3.8) is 0 Å². The SMILES string of the molecule is CSc1c(Cl)nc(N)nc1NC(C)C. The van der Waals surface area contributed by atoms with Gasteiger partial charge in [-0.1, -0.05) is 11.6 Å². The molecule has 1 aromatic heterocycles. The number of hydrogen-bond acceptors (Lipinski definition) is 5. The minimum absolute atomic E-state index is 0.191. The van der Waals surface area contributed by atoms with Gasteiger partial charge in [0, 0.05) is 6.04 Å². The number of aromatic nitrogens is 2. The molecule has 0 saturated carbocycles. The van der Waals surface area contributed by atoms with Gasteiger partial charge in [-0.3, -0.25) is 0 Å². The molecule has 6 heteroatoms. The molecule has 0 aliphatic heterocycles. The number of nitrogens with zero attached hydrogens (tertiary/aromatic N) is 2. The molecular weight excluding hydrogens is 220 g/mol. The van der Waals surface area contributed by atoms with Crippen LogP contribution in [-0.4, -0.2) is 22.3 Å². The molecule has 1 aromatic rings. The molecule has 0 atom stereocenters. The Morgan fingerprint density at radius 2 is 2.07 bits per heavy atom. The number of nitrogens with two attached hydrogens (primary N) is 1. The van der Waals surface area contributed by atoms with Crippen molar-refractivity contribution in [2.75, 3.05) is 17.3 Å². The van der Waals surface area contributed by atoms with Crippen LogP contribution < -0.4 is 11.1 Å². The van der Waals surface area contributed by atoms with Crippen molar-refractivity contribution in [1.29, 1.82) is 0 Å². The lowest BCUT2D eigenvalue weighted by Gasteiger charge is -2.13. The summed E-state index contributed by atoms with van der Waals surface area (Å²) in [7, 11) is 0. The zero-order chi connectivity index (χ0) is 10.7. The molecule has 0 radical (unpaired) electrons. The van der Waals surface area contributed by atoms with E-state index in [0.717, 1.165) is 4.90 Å². The molecule has 0 unspecified atom stereocenters. The monoisotopic (exact) mass is 232 g/mol. The second-order valence-electron chi connectivity index (χ2n) is 3.05. The van der Waals surface area contributed by atoms with Crippen LogP contribution in [0.4, 0.5) is 11.8 Å². The lowest BCUT2D eigenvalue weighted by Crippen LogP contribution is -2.13. The minimum Gasteiger partial charge on any atom is -0.368 e. The van der Waals surface area contributed by atoms with E-state index in [9.17, 15) is 0 Å². The van der Waals surface area contributed by atoms with E-state index in [4.69, 9.17) is 17.3 Å². The van der Waals surface area contributed by atoms with E-state index >= 15 is 0 Å². The Labute approximate surface area is 92.6 Å².